The van der Waals surface area contributed by atoms with Crippen LogP contribution >= 0.6 is 23.6 Å². The minimum absolute atomic E-state index is 0.239. The zero-order valence-corrected chi connectivity index (χ0v) is 11.6. The van der Waals surface area contributed by atoms with Gasteiger partial charge in [-0.1, -0.05) is 12.2 Å². The fraction of sp³-hybridized carbons (Fsp3) is 0.364. The van der Waals surface area contributed by atoms with Gasteiger partial charge in [-0.3, -0.25) is 0 Å². The molecule has 2 aromatic rings. The van der Waals surface area contributed by atoms with Crippen LogP contribution in [0.25, 0.3) is 10.2 Å². The molecule has 0 aliphatic heterocycles. The number of nitrogens with zero attached hydrogens (tertiary/aromatic N) is 1. The Labute approximate surface area is 113 Å². The first-order chi connectivity index (χ1) is 8.65. The van der Waals surface area contributed by atoms with Crippen molar-refractivity contribution in [1.29, 1.82) is 0 Å². The number of rotatable bonds is 4. The van der Waals surface area contributed by atoms with Gasteiger partial charge in [0.1, 0.15) is 21.0 Å². The molecule has 7 heteroatoms. The van der Waals surface area contributed by atoms with Gasteiger partial charge in [0.25, 0.3) is 0 Å². The molecule has 0 aliphatic rings. The minimum atomic E-state index is -0.359. The molecule has 1 N–H and O–H groups in total. The lowest BCUT2D eigenvalue weighted by Crippen LogP contribution is -2.09. The molecule has 2 rings (SSSR count). The van der Waals surface area contributed by atoms with Crippen molar-refractivity contribution < 1.29 is 14.3 Å². The van der Waals surface area contributed by atoms with E-state index in [1.165, 1.54) is 17.7 Å². The molecule has 96 valence electrons. The van der Waals surface area contributed by atoms with Crippen LogP contribution in [0.1, 0.15) is 15.2 Å². The van der Waals surface area contributed by atoms with E-state index < -0.39 is 0 Å². The maximum atomic E-state index is 11.9. The van der Waals surface area contributed by atoms with Crippen LogP contribution in [0.5, 0.6) is 0 Å². The number of nitrogens with one attached hydrogen (secondary N) is 1. The molecule has 0 spiro atoms. The Balaban J connectivity index is 2.34. The molecular weight excluding hydrogens is 272 g/mol. The fourth-order valence-corrected chi connectivity index (χ4v) is 2.98. The zero-order chi connectivity index (χ0) is 13.1. The topological polar surface area (TPSA) is 64.2 Å². The Hall–Kier alpha value is -1.31. The molecular formula is C11H12N2O3S2. The number of aromatic amines is 1. The predicted octanol–water partition coefficient (Wildman–Crippen LogP) is 2.47. The highest BCUT2D eigenvalue weighted by molar-refractivity contribution is 7.71. The van der Waals surface area contributed by atoms with E-state index in [0.717, 1.165) is 15.8 Å². The lowest BCUT2D eigenvalue weighted by Gasteiger charge is -2.02. The van der Waals surface area contributed by atoms with Crippen LogP contribution < -0.4 is 0 Å². The van der Waals surface area contributed by atoms with E-state index >= 15 is 0 Å². The Morgan fingerprint density at radius 3 is 3.00 bits per heavy atom. The monoisotopic (exact) mass is 284 g/mol. The summed E-state index contributed by atoms with van der Waals surface area (Å²) in [5, 5.41) is 0.816. The third kappa shape index (κ3) is 2.43. The van der Waals surface area contributed by atoms with Crippen LogP contribution in [0.4, 0.5) is 0 Å². The normalized spacial score (nSPS) is 10.8. The van der Waals surface area contributed by atoms with Crippen LogP contribution in [0.2, 0.25) is 0 Å². The van der Waals surface area contributed by atoms with Gasteiger partial charge < -0.3 is 14.5 Å². The highest BCUT2D eigenvalue weighted by Gasteiger charge is 2.18. The molecule has 0 aliphatic carbocycles. The Morgan fingerprint density at radius 2 is 2.33 bits per heavy atom. The van der Waals surface area contributed by atoms with Crippen molar-refractivity contribution in [2.24, 2.45) is 0 Å². The second-order valence-corrected chi connectivity index (χ2v) is 5.00. The average Bonchev–Trinajstić information content (AvgIpc) is 2.68. The van der Waals surface area contributed by atoms with Crippen molar-refractivity contribution in [2.45, 2.75) is 6.92 Å². The Bertz CT molecular complexity index is 633. The summed E-state index contributed by atoms with van der Waals surface area (Å²) >= 11 is 6.48. The quantitative estimate of drug-likeness (QED) is 0.531. The summed E-state index contributed by atoms with van der Waals surface area (Å²) < 4.78 is 10.5. The van der Waals surface area contributed by atoms with Crippen molar-refractivity contribution in [3.05, 3.63) is 21.4 Å². The first-order valence-electron chi connectivity index (χ1n) is 5.28. The number of ether oxygens (including phenoxy) is 2. The van der Waals surface area contributed by atoms with Gasteiger partial charge in [-0.2, -0.15) is 0 Å². The second kappa shape index (κ2) is 5.55. The van der Waals surface area contributed by atoms with Gasteiger partial charge >= 0.3 is 5.97 Å². The van der Waals surface area contributed by atoms with Crippen molar-refractivity contribution in [1.82, 2.24) is 9.97 Å². The molecule has 0 saturated heterocycles. The second-order valence-electron chi connectivity index (χ2n) is 3.60. The van der Waals surface area contributed by atoms with Crippen molar-refractivity contribution in [3.63, 3.8) is 0 Å². The largest absolute Gasteiger partial charge is 0.459 e. The first kappa shape index (κ1) is 13.1. The molecule has 18 heavy (non-hydrogen) atoms. The first-order valence-corrected chi connectivity index (χ1v) is 6.50. The van der Waals surface area contributed by atoms with Crippen molar-refractivity contribution >= 4 is 39.7 Å². The number of carbonyl (C=O) groups excluding carboxylic acids is 1. The van der Waals surface area contributed by atoms with E-state index in [9.17, 15) is 4.79 Å². The van der Waals surface area contributed by atoms with Gasteiger partial charge in [0.15, 0.2) is 0 Å². The molecule has 0 atom stereocenters. The molecule has 0 aromatic carbocycles. The summed E-state index contributed by atoms with van der Waals surface area (Å²) in [5.41, 5.74) is 0.812. The number of fused-ring (bicyclic) bond motifs is 1. The van der Waals surface area contributed by atoms with Crippen LogP contribution in [0.15, 0.2) is 6.33 Å². The molecule has 0 amide bonds. The molecule has 0 unspecified atom stereocenters. The van der Waals surface area contributed by atoms with Crippen LogP contribution in [0, 0.1) is 11.6 Å². The zero-order valence-electron chi connectivity index (χ0n) is 9.98. The number of aryl methyl sites for hydroxylation is 1. The lowest BCUT2D eigenvalue weighted by molar-refractivity contribution is 0.0393. The number of H-pyrrole nitrogens is 1. The maximum absolute atomic E-state index is 11.9. The molecule has 2 aromatic heterocycles. The van der Waals surface area contributed by atoms with Gasteiger partial charge in [-0.05, 0) is 12.5 Å². The van der Waals surface area contributed by atoms with Gasteiger partial charge in [0, 0.05) is 12.5 Å². The standard InChI is InChI=1S/C11H12N2O3S2/c1-6-7-9(17)12-5-13-10(7)18-8(6)11(14)16-4-3-15-2/h5H,3-4H2,1-2H3,(H,12,13,17). The van der Waals surface area contributed by atoms with E-state index in [0.29, 0.717) is 16.1 Å². The molecule has 0 bridgehead atoms. The molecule has 5 nitrogen and oxygen atoms in total. The van der Waals surface area contributed by atoms with E-state index in [2.05, 4.69) is 9.97 Å². The van der Waals surface area contributed by atoms with Crippen LogP contribution in [-0.2, 0) is 9.47 Å². The van der Waals surface area contributed by atoms with Crippen molar-refractivity contribution in [3.8, 4) is 0 Å². The number of carbonyl (C=O) groups is 1. The number of esters is 1. The van der Waals surface area contributed by atoms with Gasteiger partial charge in [0.05, 0.1) is 12.9 Å². The highest BCUT2D eigenvalue weighted by Crippen LogP contribution is 2.29. The van der Waals surface area contributed by atoms with E-state index in [1.54, 1.807) is 7.11 Å². The maximum Gasteiger partial charge on any atom is 0.348 e. The molecule has 2 heterocycles. The summed E-state index contributed by atoms with van der Waals surface area (Å²) in [6, 6.07) is 0. The summed E-state index contributed by atoms with van der Waals surface area (Å²) in [6.45, 7) is 2.47. The number of hydrogen-bond acceptors (Lipinski definition) is 6. The van der Waals surface area contributed by atoms with Crippen LogP contribution in [-0.4, -0.2) is 36.3 Å². The number of hydrogen-bond donors (Lipinski definition) is 1. The third-order valence-corrected chi connectivity index (χ3v) is 3.94. The highest BCUT2D eigenvalue weighted by atomic mass is 32.1. The Kier molecular flexibility index (Phi) is 4.05. The average molecular weight is 284 g/mol. The third-order valence-electron chi connectivity index (χ3n) is 2.44. The summed E-state index contributed by atoms with van der Waals surface area (Å²) in [5.74, 6) is -0.359. The molecule has 0 saturated carbocycles. The fourth-order valence-electron chi connectivity index (χ4n) is 1.56. The summed E-state index contributed by atoms with van der Waals surface area (Å²) in [4.78, 5) is 20.2. The SMILES string of the molecule is COCCOC(=O)c1sc2nc[nH]c(=S)c2c1C. The molecule has 0 fully saturated rings. The lowest BCUT2D eigenvalue weighted by atomic mass is 10.2. The van der Waals surface area contributed by atoms with Gasteiger partial charge in [-0.25, -0.2) is 9.78 Å². The van der Waals surface area contributed by atoms with Crippen LogP contribution in [0.3, 0.4) is 0 Å². The van der Waals surface area contributed by atoms with Crippen molar-refractivity contribution in [2.75, 3.05) is 20.3 Å². The van der Waals surface area contributed by atoms with E-state index in [1.807, 2.05) is 6.92 Å². The minimum Gasteiger partial charge on any atom is -0.459 e. The van der Waals surface area contributed by atoms with Gasteiger partial charge in [0.2, 0.25) is 0 Å². The van der Waals surface area contributed by atoms with E-state index in [-0.39, 0.29) is 12.6 Å². The number of methoxy groups -OCH3 is 1. The Morgan fingerprint density at radius 1 is 1.56 bits per heavy atom. The smallest absolute Gasteiger partial charge is 0.348 e. The summed E-state index contributed by atoms with van der Waals surface area (Å²) in [7, 11) is 1.56. The number of aromatic nitrogens is 2. The summed E-state index contributed by atoms with van der Waals surface area (Å²) in [6.07, 6.45) is 1.53. The number of thiophene rings is 1. The van der Waals surface area contributed by atoms with Gasteiger partial charge in [-0.15, -0.1) is 11.3 Å². The van der Waals surface area contributed by atoms with E-state index in [4.69, 9.17) is 21.7 Å². The predicted molar refractivity (Wildman–Crippen MR) is 71.7 cm³/mol. The molecule has 0 radical (unpaired) electrons.